The molecule has 0 N–H and O–H groups in total. The Balaban J connectivity index is 3.31. The highest BCUT2D eigenvalue weighted by atomic mass is 79.9. The summed E-state index contributed by atoms with van der Waals surface area (Å²) in [5, 5.41) is 8.92. The van der Waals surface area contributed by atoms with E-state index in [1.165, 1.54) is 0 Å². The highest BCUT2D eigenvalue weighted by Crippen LogP contribution is 2.31. The third-order valence-corrected chi connectivity index (χ3v) is 2.42. The van der Waals surface area contributed by atoms with Crippen LogP contribution in [0.2, 0.25) is 5.02 Å². The van der Waals surface area contributed by atoms with E-state index in [1.54, 1.807) is 18.2 Å². The molecule has 0 spiro atoms. The zero-order valence-corrected chi connectivity index (χ0v) is 7.22. The summed E-state index contributed by atoms with van der Waals surface area (Å²) in [6, 6.07) is 5.07. The average Bonchev–Trinajstić information content (AvgIpc) is 1.95. The van der Waals surface area contributed by atoms with Crippen molar-refractivity contribution < 1.29 is 0 Å². The van der Waals surface area contributed by atoms with Gasteiger partial charge in [-0.1, -0.05) is 17.7 Å². The number of halogens is 2. The monoisotopic (exact) mass is 217 g/mol. The van der Waals surface area contributed by atoms with Crippen LogP contribution in [0.3, 0.4) is 0 Å². The van der Waals surface area contributed by atoms with Crippen LogP contribution in [-0.4, -0.2) is 0 Å². The van der Waals surface area contributed by atoms with Crippen molar-refractivity contribution in [1.29, 1.82) is 5.39 Å². The van der Waals surface area contributed by atoms with Crippen LogP contribution in [0.25, 0.3) is 4.98 Å². The van der Waals surface area contributed by atoms with Gasteiger partial charge < -0.3 is 0 Å². The van der Waals surface area contributed by atoms with Crippen LogP contribution < -0.4 is 0 Å². The Bertz CT molecular complexity index is 292. The van der Waals surface area contributed by atoms with Crippen molar-refractivity contribution in [2.75, 3.05) is 0 Å². The molecular formula is C6H3BrClN2+. The maximum Gasteiger partial charge on any atom is 0.400 e. The maximum atomic E-state index is 8.38. The zero-order chi connectivity index (χ0) is 7.56. The smallest absolute Gasteiger partial charge is 0.0828 e. The summed E-state index contributed by atoms with van der Waals surface area (Å²) in [5.74, 6) is 0. The highest BCUT2D eigenvalue weighted by molar-refractivity contribution is 9.10. The molecule has 0 aliphatic rings. The Kier molecular flexibility index (Phi) is 2.25. The third-order valence-electron chi connectivity index (χ3n) is 1.04. The van der Waals surface area contributed by atoms with Crippen LogP contribution in [0.15, 0.2) is 22.7 Å². The first kappa shape index (κ1) is 7.52. The van der Waals surface area contributed by atoms with Gasteiger partial charge in [0.15, 0.2) is 4.98 Å². The molecule has 50 valence electrons. The van der Waals surface area contributed by atoms with E-state index in [0.717, 1.165) is 0 Å². The number of benzene rings is 1. The first-order valence-corrected chi connectivity index (χ1v) is 3.72. The Hall–Kier alpha value is -0.590. The molecule has 0 aliphatic heterocycles. The summed E-state index contributed by atoms with van der Waals surface area (Å²) in [6.07, 6.45) is 0. The summed E-state index contributed by atoms with van der Waals surface area (Å²) >= 11 is 8.83. The predicted molar refractivity (Wildman–Crippen MR) is 43.9 cm³/mol. The molecule has 0 atom stereocenters. The van der Waals surface area contributed by atoms with Crippen LogP contribution in [0, 0.1) is 5.39 Å². The molecule has 0 aromatic heterocycles. The van der Waals surface area contributed by atoms with Crippen molar-refractivity contribution in [3.63, 3.8) is 0 Å². The van der Waals surface area contributed by atoms with Gasteiger partial charge in [0.2, 0.25) is 5.39 Å². The molecule has 0 heterocycles. The van der Waals surface area contributed by atoms with Gasteiger partial charge in [0.1, 0.15) is 4.47 Å². The van der Waals surface area contributed by atoms with Crippen LogP contribution in [0.4, 0.5) is 5.69 Å². The molecule has 0 saturated heterocycles. The van der Waals surface area contributed by atoms with Gasteiger partial charge in [-0.25, -0.2) is 0 Å². The van der Waals surface area contributed by atoms with Crippen molar-refractivity contribution in [1.82, 2.24) is 0 Å². The van der Waals surface area contributed by atoms with E-state index in [-0.39, 0.29) is 0 Å². The molecule has 0 fully saturated rings. The summed E-state index contributed by atoms with van der Waals surface area (Å²) in [4.78, 5) is 3.00. The molecular weight excluding hydrogens is 215 g/mol. The molecule has 0 unspecified atom stereocenters. The fourth-order valence-corrected chi connectivity index (χ4v) is 1.08. The molecule has 0 saturated carbocycles. The van der Waals surface area contributed by atoms with Gasteiger partial charge in [0.25, 0.3) is 0 Å². The van der Waals surface area contributed by atoms with Crippen molar-refractivity contribution in [3.8, 4) is 0 Å². The van der Waals surface area contributed by atoms with Gasteiger partial charge in [-0.3, -0.25) is 0 Å². The minimum Gasteiger partial charge on any atom is -0.0828 e. The van der Waals surface area contributed by atoms with Crippen LogP contribution in [-0.2, 0) is 0 Å². The van der Waals surface area contributed by atoms with Gasteiger partial charge >= 0.3 is 5.69 Å². The second kappa shape index (κ2) is 3.00. The molecule has 10 heavy (non-hydrogen) atoms. The zero-order valence-electron chi connectivity index (χ0n) is 4.88. The standard InChI is InChI=1S/C6H3BrClN2/c7-6-4(8)2-1-3-5(6)10-9/h1-3H/q+1. The van der Waals surface area contributed by atoms with Gasteiger partial charge in [-0.05, 0) is 22.0 Å². The normalized spacial score (nSPS) is 8.90. The minimum absolute atomic E-state index is 0.438. The molecule has 2 nitrogen and oxygen atoms in total. The lowest BCUT2D eigenvalue weighted by atomic mass is 10.3. The average molecular weight is 218 g/mol. The lowest BCUT2D eigenvalue weighted by Crippen LogP contribution is -1.66. The summed E-state index contributed by atoms with van der Waals surface area (Å²) < 4.78 is 0.610. The van der Waals surface area contributed by atoms with E-state index in [9.17, 15) is 0 Å². The number of hydrogen-bond acceptors (Lipinski definition) is 1. The lowest BCUT2D eigenvalue weighted by molar-refractivity contribution is 1.45. The molecule has 0 bridgehead atoms. The number of diazo groups is 1. The van der Waals surface area contributed by atoms with E-state index < -0.39 is 0 Å². The summed E-state index contributed by atoms with van der Waals surface area (Å²) in [6.45, 7) is 0. The number of rotatable bonds is 0. The Morgan fingerprint density at radius 1 is 1.50 bits per heavy atom. The lowest BCUT2D eigenvalue weighted by Gasteiger charge is -1.86. The van der Waals surface area contributed by atoms with Crippen molar-refractivity contribution >= 4 is 33.2 Å². The first-order chi connectivity index (χ1) is 4.75. The van der Waals surface area contributed by atoms with Gasteiger partial charge in [0, 0.05) is 6.07 Å². The second-order valence-electron chi connectivity index (χ2n) is 1.67. The molecule has 0 aliphatic carbocycles. The van der Waals surface area contributed by atoms with Gasteiger partial charge in [-0.2, -0.15) is 0 Å². The van der Waals surface area contributed by atoms with Crippen molar-refractivity contribution in [2.45, 2.75) is 0 Å². The fourth-order valence-electron chi connectivity index (χ4n) is 0.570. The van der Waals surface area contributed by atoms with Crippen LogP contribution in [0.1, 0.15) is 0 Å². The Labute approximate surface area is 71.6 Å². The molecule has 1 rings (SSSR count). The fraction of sp³-hybridized carbons (Fsp3) is 0. The topological polar surface area (TPSA) is 28.1 Å². The predicted octanol–water partition coefficient (Wildman–Crippen LogP) is 3.59. The van der Waals surface area contributed by atoms with Crippen molar-refractivity contribution in [3.05, 3.63) is 32.7 Å². The largest absolute Gasteiger partial charge is 0.400 e. The van der Waals surface area contributed by atoms with E-state index in [0.29, 0.717) is 15.2 Å². The molecule has 1 aromatic rings. The van der Waals surface area contributed by atoms with Gasteiger partial charge in [0.05, 0.1) is 5.02 Å². The molecule has 0 amide bonds. The Morgan fingerprint density at radius 3 is 2.70 bits per heavy atom. The summed E-state index contributed by atoms with van der Waals surface area (Å²) in [5.41, 5.74) is 0.438. The maximum absolute atomic E-state index is 8.38. The van der Waals surface area contributed by atoms with E-state index >= 15 is 0 Å². The van der Waals surface area contributed by atoms with E-state index in [4.69, 9.17) is 17.0 Å². The van der Waals surface area contributed by atoms with E-state index in [1.807, 2.05) is 0 Å². The molecule has 4 heteroatoms. The second-order valence-corrected chi connectivity index (χ2v) is 2.87. The van der Waals surface area contributed by atoms with E-state index in [2.05, 4.69) is 20.9 Å². The first-order valence-electron chi connectivity index (χ1n) is 2.55. The van der Waals surface area contributed by atoms with Gasteiger partial charge in [-0.15, -0.1) is 0 Å². The highest BCUT2D eigenvalue weighted by Gasteiger charge is 2.12. The van der Waals surface area contributed by atoms with Crippen molar-refractivity contribution in [2.24, 2.45) is 0 Å². The number of nitrogens with zero attached hydrogens (tertiary/aromatic N) is 2. The molecule has 0 radical (unpaired) electrons. The quantitative estimate of drug-likeness (QED) is 0.612. The summed E-state index contributed by atoms with van der Waals surface area (Å²) in [7, 11) is 0. The number of hydrogen-bond donors (Lipinski definition) is 0. The van der Waals surface area contributed by atoms with Crippen LogP contribution in [0.5, 0.6) is 0 Å². The van der Waals surface area contributed by atoms with Crippen LogP contribution >= 0.6 is 27.5 Å². The molecule has 1 aromatic carbocycles. The Morgan fingerprint density at radius 2 is 2.20 bits per heavy atom. The SMILES string of the molecule is N#[N+]c1cccc(Cl)c1Br. The third kappa shape index (κ3) is 1.28. The minimum atomic E-state index is 0.438.